The maximum Gasteiger partial charge on any atom is 0.271 e. The Labute approximate surface area is 111 Å². The molecule has 0 saturated heterocycles. The van der Waals surface area contributed by atoms with Crippen LogP contribution in [0.25, 0.3) is 11.3 Å². The lowest BCUT2D eigenvalue weighted by Crippen LogP contribution is -2.27. The minimum Gasteiger partial charge on any atom is -0.497 e. The Balaban J connectivity index is 2.51. The molecule has 1 aromatic carbocycles. The SMILES string of the molecule is CCn1nc(-c2ccc(OC)cc2)cc(CN)c1=O. The molecule has 5 nitrogen and oxygen atoms in total. The van der Waals surface area contributed by atoms with Crippen LogP contribution in [0.5, 0.6) is 5.75 Å². The van der Waals surface area contributed by atoms with Crippen molar-refractivity contribution in [1.82, 2.24) is 9.78 Å². The number of nitrogens with two attached hydrogens (primary N) is 1. The maximum atomic E-state index is 11.9. The number of hydrogen-bond donors (Lipinski definition) is 1. The highest BCUT2D eigenvalue weighted by Crippen LogP contribution is 2.20. The highest BCUT2D eigenvalue weighted by molar-refractivity contribution is 5.60. The molecule has 0 unspecified atom stereocenters. The summed E-state index contributed by atoms with van der Waals surface area (Å²) >= 11 is 0. The number of rotatable bonds is 4. The second kappa shape index (κ2) is 5.67. The summed E-state index contributed by atoms with van der Waals surface area (Å²) in [6, 6.07) is 9.29. The molecule has 0 radical (unpaired) electrons. The molecule has 2 rings (SSSR count). The van der Waals surface area contributed by atoms with Crippen LogP contribution in [0, 0.1) is 0 Å². The van der Waals surface area contributed by atoms with Gasteiger partial charge >= 0.3 is 0 Å². The smallest absolute Gasteiger partial charge is 0.271 e. The molecular weight excluding hydrogens is 242 g/mol. The Kier molecular flexibility index (Phi) is 3.97. The van der Waals surface area contributed by atoms with Crippen molar-refractivity contribution in [2.45, 2.75) is 20.0 Å². The van der Waals surface area contributed by atoms with Crippen molar-refractivity contribution in [3.05, 3.63) is 46.2 Å². The van der Waals surface area contributed by atoms with Crippen molar-refractivity contribution < 1.29 is 4.74 Å². The van der Waals surface area contributed by atoms with Crippen LogP contribution in [0.15, 0.2) is 35.1 Å². The van der Waals surface area contributed by atoms with Crippen LogP contribution >= 0.6 is 0 Å². The van der Waals surface area contributed by atoms with E-state index in [1.807, 2.05) is 31.2 Å². The van der Waals surface area contributed by atoms with Gasteiger partial charge in [-0.25, -0.2) is 4.68 Å². The van der Waals surface area contributed by atoms with Gasteiger partial charge in [-0.05, 0) is 37.3 Å². The molecule has 2 N–H and O–H groups in total. The Morgan fingerprint density at radius 3 is 2.53 bits per heavy atom. The summed E-state index contributed by atoms with van der Waals surface area (Å²) in [4.78, 5) is 11.9. The van der Waals surface area contributed by atoms with Crippen LogP contribution < -0.4 is 16.0 Å². The highest BCUT2D eigenvalue weighted by atomic mass is 16.5. The molecule has 1 heterocycles. The zero-order valence-corrected chi connectivity index (χ0v) is 11.1. The van der Waals surface area contributed by atoms with Gasteiger partial charge in [0, 0.05) is 24.2 Å². The Bertz CT molecular complexity index is 589. The molecule has 0 aliphatic carbocycles. The lowest BCUT2D eigenvalue weighted by atomic mass is 10.1. The van der Waals surface area contributed by atoms with Gasteiger partial charge in [-0.1, -0.05) is 0 Å². The Hall–Kier alpha value is -2.14. The van der Waals surface area contributed by atoms with E-state index in [9.17, 15) is 4.79 Å². The summed E-state index contributed by atoms with van der Waals surface area (Å²) in [5, 5.41) is 4.33. The normalized spacial score (nSPS) is 10.5. The van der Waals surface area contributed by atoms with Gasteiger partial charge in [-0.3, -0.25) is 4.79 Å². The molecule has 2 aromatic rings. The van der Waals surface area contributed by atoms with E-state index < -0.39 is 0 Å². The Morgan fingerprint density at radius 2 is 2.00 bits per heavy atom. The van der Waals surface area contributed by atoms with Crippen molar-refractivity contribution in [2.75, 3.05) is 7.11 Å². The summed E-state index contributed by atoms with van der Waals surface area (Å²) in [6.07, 6.45) is 0. The van der Waals surface area contributed by atoms with Gasteiger partial charge < -0.3 is 10.5 Å². The summed E-state index contributed by atoms with van der Waals surface area (Å²) in [7, 11) is 1.62. The van der Waals surface area contributed by atoms with Crippen molar-refractivity contribution in [3.8, 4) is 17.0 Å². The number of benzene rings is 1. The van der Waals surface area contributed by atoms with E-state index >= 15 is 0 Å². The maximum absolute atomic E-state index is 11.9. The van der Waals surface area contributed by atoms with Gasteiger partial charge in [-0.15, -0.1) is 0 Å². The van der Waals surface area contributed by atoms with E-state index in [-0.39, 0.29) is 12.1 Å². The average Bonchev–Trinajstić information content (AvgIpc) is 2.47. The molecule has 1 aromatic heterocycles. The molecule has 0 atom stereocenters. The van der Waals surface area contributed by atoms with E-state index in [0.29, 0.717) is 12.1 Å². The number of nitrogens with zero attached hydrogens (tertiary/aromatic N) is 2. The number of aromatic nitrogens is 2. The molecule has 0 bridgehead atoms. The largest absolute Gasteiger partial charge is 0.497 e. The van der Waals surface area contributed by atoms with E-state index in [1.165, 1.54) is 4.68 Å². The second-order valence-electron chi connectivity index (χ2n) is 4.11. The summed E-state index contributed by atoms with van der Waals surface area (Å²) < 4.78 is 6.55. The molecule has 5 heteroatoms. The van der Waals surface area contributed by atoms with E-state index in [0.717, 1.165) is 17.0 Å². The molecule has 0 saturated carbocycles. The van der Waals surface area contributed by atoms with Gasteiger partial charge in [0.25, 0.3) is 5.56 Å². The first-order valence-electron chi connectivity index (χ1n) is 6.15. The lowest BCUT2D eigenvalue weighted by Gasteiger charge is -2.08. The van der Waals surface area contributed by atoms with Crippen LogP contribution in [-0.2, 0) is 13.1 Å². The van der Waals surface area contributed by atoms with E-state index in [2.05, 4.69) is 5.10 Å². The lowest BCUT2D eigenvalue weighted by molar-refractivity contribution is 0.415. The van der Waals surface area contributed by atoms with Crippen molar-refractivity contribution >= 4 is 0 Å². The van der Waals surface area contributed by atoms with Gasteiger partial charge in [0.2, 0.25) is 0 Å². The van der Waals surface area contributed by atoms with E-state index in [4.69, 9.17) is 10.5 Å². The van der Waals surface area contributed by atoms with Crippen LogP contribution in [0.4, 0.5) is 0 Å². The number of aryl methyl sites for hydroxylation is 1. The van der Waals surface area contributed by atoms with Crippen LogP contribution in [0.2, 0.25) is 0 Å². The first-order valence-corrected chi connectivity index (χ1v) is 6.15. The fraction of sp³-hybridized carbons (Fsp3) is 0.286. The first kappa shape index (κ1) is 13.3. The summed E-state index contributed by atoms with van der Waals surface area (Å²) in [5.74, 6) is 0.784. The molecule has 0 spiro atoms. The predicted octanol–water partition coefficient (Wildman–Crippen LogP) is 1.40. The third kappa shape index (κ3) is 2.66. The summed E-state index contributed by atoms with van der Waals surface area (Å²) in [6.45, 7) is 2.62. The van der Waals surface area contributed by atoms with Crippen molar-refractivity contribution in [1.29, 1.82) is 0 Å². The topological polar surface area (TPSA) is 70.1 Å². The monoisotopic (exact) mass is 259 g/mol. The fourth-order valence-corrected chi connectivity index (χ4v) is 1.86. The van der Waals surface area contributed by atoms with Gasteiger partial charge in [0.15, 0.2) is 0 Å². The molecule has 0 aliphatic rings. The predicted molar refractivity (Wildman–Crippen MR) is 74.1 cm³/mol. The van der Waals surface area contributed by atoms with E-state index in [1.54, 1.807) is 13.2 Å². The first-order chi connectivity index (χ1) is 9.19. The number of methoxy groups -OCH3 is 1. The van der Waals surface area contributed by atoms with Gasteiger partial charge in [0.1, 0.15) is 5.75 Å². The highest BCUT2D eigenvalue weighted by Gasteiger charge is 2.08. The Morgan fingerprint density at radius 1 is 1.32 bits per heavy atom. The molecule has 100 valence electrons. The molecular formula is C14H17N3O2. The minimum atomic E-state index is -0.123. The quantitative estimate of drug-likeness (QED) is 0.901. The third-order valence-electron chi connectivity index (χ3n) is 2.95. The number of ether oxygens (including phenoxy) is 1. The third-order valence-corrected chi connectivity index (χ3v) is 2.95. The number of hydrogen-bond acceptors (Lipinski definition) is 4. The second-order valence-corrected chi connectivity index (χ2v) is 4.11. The van der Waals surface area contributed by atoms with Crippen molar-refractivity contribution in [3.63, 3.8) is 0 Å². The fourth-order valence-electron chi connectivity index (χ4n) is 1.86. The standard InChI is InChI=1S/C14H17N3O2/c1-3-17-14(18)11(9-15)8-13(16-17)10-4-6-12(19-2)7-5-10/h4-8H,3,9,15H2,1-2H3. The zero-order valence-electron chi connectivity index (χ0n) is 11.1. The van der Waals surface area contributed by atoms with Crippen LogP contribution in [-0.4, -0.2) is 16.9 Å². The van der Waals surface area contributed by atoms with Crippen LogP contribution in [0.1, 0.15) is 12.5 Å². The molecule has 0 amide bonds. The molecule has 0 aliphatic heterocycles. The molecule has 0 fully saturated rings. The zero-order chi connectivity index (χ0) is 13.8. The summed E-state index contributed by atoms with van der Waals surface area (Å²) in [5.41, 5.74) is 7.72. The van der Waals surface area contributed by atoms with Gasteiger partial charge in [0.05, 0.1) is 12.8 Å². The van der Waals surface area contributed by atoms with Gasteiger partial charge in [-0.2, -0.15) is 5.10 Å². The average molecular weight is 259 g/mol. The minimum absolute atomic E-state index is 0.123. The molecule has 19 heavy (non-hydrogen) atoms. The van der Waals surface area contributed by atoms with Crippen LogP contribution in [0.3, 0.4) is 0 Å². The van der Waals surface area contributed by atoms with Crippen molar-refractivity contribution in [2.24, 2.45) is 5.73 Å².